The van der Waals surface area contributed by atoms with E-state index in [1.54, 1.807) is 17.2 Å². The summed E-state index contributed by atoms with van der Waals surface area (Å²) in [6.45, 7) is 2.70. The Balaban J connectivity index is 1.33. The number of H-pyrrole nitrogens is 1. The summed E-state index contributed by atoms with van der Waals surface area (Å²) in [7, 11) is 0. The molecule has 1 aromatic heterocycles. The molecule has 5 rings (SSSR count). The largest absolute Gasteiger partial charge is 0.486 e. The molecule has 0 unspecified atom stereocenters. The minimum Gasteiger partial charge on any atom is -0.486 e. The third-order valence-corrected chi connectivity index (χ3v) is 6.37. The Morgan fingerprint density at radius 1 is 1.19 bits per heavy atom. The summed E-state index contributed by atoms with van der Waals surface area (Å²) in [5.74, 6) is -0.295. The van der Waals surface area contributed by atoms with Crippen LogP contribution < -0.4 is 4.74 Å². The number of piperidine rings is 1. The van der Waals surface area contributed by atoms with E-state index in [9.17, 15) is 22.8 Å². The first kappa shape index (κ1) is 20.5. The molecule has 1 amide bonds. The zero-order chi connectivity index (χ0) is 22.7. The lowest BCUT2D eigenvalue weighted by Crippen LogP contribution is -2.52. The number of aryl methyl sites for hydroxylation is 1. The Bertz CT molecular complexity index is 1240. The monoisotopic (exact) mass is 443 g/mol. The highest BCUT2D eigenvalue weighted by atomic mass is 19.4. The lowest BCUT2D eigenvalue weighted by Gasteiger charge is -2.44. The third kappa shape index (κ3) is 3.41. The van der Waals surface area contributed by atoms with Gasteiger partial charge in [0.1, 0.15) is 11.4 Å². The minimum atomic E-state index is -4.52. The van der Waals surface area contributed by atoms with E-state index in [1.807, 2.05) is 13.0 Å². The fourth-order valence-corrected chi connectivity index (χ4v) is 4.61. The number of halogens is 3. The molecule has 0 atom stereocenters. The van der Waals surface area contributed by atoms with E-state index in [2.05, 4.69) is 10.2 Å². The number of likely N-dealkylation sites (tertiary alicyclic amines) is 1. The van der Waals surface area contributed by atoms with E-state index < -0.39 is 17.3 Å². The highest BCUT2D eigenvalue weighted by Gasteiger charge is 2.44. The van der Waals surface area contributed by atoms with Crippen molar-refractivity contribution in [3.63, 3.8) is 0 Å². The number of fused-ring (bicyclic) bond motifs is 2. The van der Waals surface area contributed by atoms with E-state index in [0.29, 0.717) is 31.5 Å². The van der Waals surface area contributed by atoms with Gasteiger partial charge >= 0.3 is 6.18 Å². The number of hydrogen-bond donors (Lipinski definition) is 1. The Kier molecular flexibility index (Phi) is 4.54. The maximum absolute atomic E-state index is 13.1. The SMILES string of the molecule is Cc1cc(C(=O)N2CCC3(CC2)CC(=O)c2cc(C(F)(F)F)ccc2O3)cc2cn[nH]c12. The van der Waals surface area contributed by atoms with Crippen molar-refractivity contribution in [2.75, 3.05) is 13.1 Å². The molecule has 3 aromatic rings. The number of ketones is 1. The van der Waals surface area contributed by atoms with Gasteiger partial charge in [-0.3, -0.25) is 14.7 Å². The van der Waals surface area contributed by atoms with Gasteiger partial charge in [0.25, 0.3) is 5.91 Å². The first-order chi connectivity index (χ1) is 15.2. The van der Waals surface area contributed by atoms with Crippen molar-refractivity contribution in [1.82, 2.24) is 15.1 Å². The molecule has 6 nitrogen and oxygen atoms in total. The molecule has 32 heavy (non-hydrogen) atoms. The average Bonchev–Trinajstić information content (AvgIpc) is 3.22. The third-order valence-electron chi connectivity index (χ3n) is 6.37. The molecule has 2 aromatic carbocycles. The van der Waals surface area contributed by atoms with Crippen molar-refractivity contribution in [3.05, 3.63) is 58.8 Å². The number of Topliss-reactive ketones (excluding diaryl/α,β-unsaturated/α-hetero) is 1. The van der Waals surface area contributed by atoms with Crippen LogP contribution in [0.25, 0.3) is 10.9 Å². The normalized spacial score (nSPS) is 18.0. The molecule has 1 fully saturated rings. The van der Waals surface area contributed by atoms with Crippen LogP contribution in [0.15, 0.2) is 36.5 Å². The van der Waals surface area contributed by atoms with Crippen LogP contribution >= 0.6 is 0 Å². The molecular weight excluding hydrogens is 423 g/mol. The van der Waals surface area contributed by atoms with Crippen molar-refractivity contribution in [3.8, 4) is 5.75 Å². The second kappa shape index (κ2) is 7.08. The van der Waals surface area contributed by atoms with Crippen LogP contribution in [0.2, 0.25) is 0 Å². The van der Waals surface area contributed by atoms with Crippen molar-refractivity contribution in [2.24, 2.45) is 0 Å². The molecule has 0 radical (unpaired) electrons. The van der Waals surface area contributed by atoms with Gasteiger partial charge in [-0.15, -0.1) is 0 Å². The first-order valence-electron chi connectivity index (χ1n) is 10.3. The highest BCUT2D eigenvalue weighted by Crippen LogP contribution is 2.41. The maximum atomic E-state index is 13.1. The lowest BCUT2D eigenvalue weighted by atomic mass is 9.82. The van der Waals surface area contributed by atoms with Crippen molar-refractivity contribution >= 4 is 22.6 Å². The lowest BCUT2D eigenvalue weighted by molar-refractivity contribution is -0.137. The van der Waals surface area contributed by atoms with Crippen LogP contribution in [0.3, 0.4) is 0 Å². The fourth-order valence-electron chi connectivity index (χ4n) is 4.61. The van der Waals surface area contributed by atoms with E-state index >= 15 is 0 Å². The van der Waals surface area contributed by atoms with Gasteiger partial charge in [-0.25, -0.2) is 0 Å². The number of aromatic nitrogens is 2. The van der Waals surface area contributed by atoms with Crippen LogP contribution in [0, 0.1) is 6.92 Å². The van der Waals surface area contributed by atoms with Crippen LogP contribution in [0.4, 0.5) is 13.2 Å². The summed E-state index contributed by atoms with van der Waals surface area (Å²) >= 11 is 0. The second-order valence-electron chi connectivity index (χ2n) is 8.51. The number of nitrogens with one attached hydrogen (secondary N) is 1. The van der Waals surface area contributed by atoms with Gasteiger partial charge < -0.3 is 9.64 Å². The maximum Gasteiger partial charge on any atom is 0.416 e. The molecule has 0 bridgehead atoms. The molecule has 1 N–H and O–H groups in total. The average molecular weight is 443 g/mol. The smallest absolute Gasteiger partial charge is 0.416 e. The van der Waals surface area contributed by atoms with Gasteiger partial charge in [0.05, 0.1) is 29.3 Å². The van der Waals surface area contributed by atoms with Gasteiger partial charge in [0.2, 0.25) is 0 Å². The van der Waals surface area contributed by atoms with E-state index in [1.165, 1.54) is 6.07 Å². The van der Waals surface area contributed by atoms with Gasteiger partial charge in [0.15, 0.2) is 5.78 Å². The fraction of sp³-hybridized carbons (Fsp3) is 0.348. The molecule has 0 aliphatic carbocycles. The number of alkyl halides is 3. The second-order valence-corrected chi connectivity index (χ2v) is 8.51. The summed E-state index contributed by atoms with van der Waals surface area (Å²) in [6, 6.07) is 6.63. The number of aromatic amines is 1. The van der Waals surface area contributed by atoms with Crippen LogP contribution in [-0.2, 0) is 6.18 Å². The summed E-state index contributed by atoms with van der Waals surface area (Å²) in [4.78, 5) is 27.5. The van der Waals surface area contributed by atoms with Crippen LogP contribution in [-0.4, -0.2) is 45.5 Å². The molecule has 3 heterocycles. The Hall–Kier alpha value is -3.36. The minimum absolute atomic E-state index is 0.00340. The van der Waals surface area contributed by atoms with Crippen molar-refractivity contribution in [1.29, 1.82) is 0 Å². The van der Waals surface area contributed by atoms with Crippen LogP contribution in [0.5, 0.6) is 5.75 Å². The van der Waals surface area contributed by atoms with E-state index in [-0.39, 0.29) is 29.4 Å². The van der Waals surface area contributed by atoms with Gasteiger partial charge in [0, 0.05) is 36.9 Å². The predicted octanol–water partition coefficient (Wildman–Crippen LogP) is 4.53. The molecule has 2 aliphatic rings. The van der Waals surface area contributed by atoms with Gasteiger partial charge in [-0.2, -0.15) is 18.3 Å². The Morgan fingerprint density at radius 3 is 2.66 bits per heavy atom. The Labute approximate surface area is 181 Å². The number of rotatable bonds is 1. The van der Waals surface area contributed by atoms with Gasteiger partial charge in [-0.05, 0) is 42.8 Å². The summed E-state index contributed by atoms with van der Waals surface area (Å²) in [5.41, 5.74) is 0.680. The molecule has 9 heteroatoms. The molecule has 166 valence electrons. The van der Waals surface area contributed by atoms with Crippen LogP contribution in [0.1, 0.15) is 51.1 Å². The zero-order valence-corrected chi connectivity index (χ0v) is 17.3. The van der Waals surface area contributed by atoms with E-state index in [4.69, 9.17) is 4.74 Å². The van der Waals surface area contributed by atoms with Gasteiger partial charge in [-0.1, -0.05) is 0 Å². The number of nitrogens with zero attached hydrogens (tertiary/aromatic N) is 2. The quantitative estimate of drug-likeness (QED) is 0.600. The number of hydrogen-bond acceptors (Lipinski definition) is 4. The highest BCUT2D eigenvalue weighted by molar-refractivity contribution is 6.01. The van der Waals surface area contributed by atoms with Crippen molar-refractivity contribution in [2.45, 2.75) is 38.0 Å². The molecule has 2 aliphatic heterocycles. The van der Waals surface area contributed by atoms with Crippen molar-refractivity contribution < 1.29 is 27.5 Å². The number of carbonyl (C=O) groups is 2. The number of benzene rings is 2. The topological polar surface area (TPSA) is 75.3 Å². The summed E-state index contributed by atoms with van der Waals surface area (Å²) in [5, 5.41) is 7.79. The molecule has 1 spiro atoms. The summed E-state index contributed by atoms with van der Waals surface area (Å²) in [6.07, 6.45) is -1.99. The zero-order valence-electron chi connectivity index (χ0n) is 17.3. The Morgan fingerprint density at radius 2 is 1.94 bits per heavy atom. The molecule has 1 saturated heterocycles. The number of amides is 1. The number of ether oxygens (including phenoxy) is 1. The predicted molar refractivity (Wildman–Crippen MR) is 110 cm³/mol. The molecular formula is C23H20F3N3O3. The molecule has 0 saturated carbocycles. The van der Waals surface area contributed by atoms with E-state index in [0.717, 1.165) is 28.6 Å². The first-order valence-corrected chi connectivity index (χ1v) is 10.3. The standard InChI is InChI=1S/C23H20F3N3O3/c1-13-8-14(9-15-12-27-28-20(13)15)21(31)29-6-4-22(5-7-29)11-18(30)17-10-16(23(24,25)26)2-3-19(17)32-22/h2-3,8-10,12H,4-7,11H2,1H3,(H,27,28). The number of carbonyl (C=O) groups excluding carboxylic acids is 2. The summed E-state index contributed by atoms with van der Waals surface area (Å²) < 4.78 is 45.0.